The van der Waals surface area contributed by atoms with Crippen molar-refractivity contribution < 1.29 is 9.53 Å². The standard InChI is InChI=1S/C20H21N3O2/c1-13-9-17(14(2)23(13)3)12-21-22-20(24)18-10-15-7-5-6-8-16(15)11-19(18)25-4/h5-12H,1-4H3,(H,22,24). The first-order valence-corrected chi connectivity index (χ1v) is 8.04. The number of nitrogens with zero attached hydrogens (tertiary/aromatic N) is 2. The zero-order chi connectivity index (χ0) is 18.0. The minimum Gasteiger partial charge on any atom is -0.496 e. The first-order valence-electron chi connectivity index (χ1n) is 8.04. The predicted octanol–water partition coefficient (Wildman–Crippen LogP) is 3.57. The molecule has 1 N–H and O–H groups in total. The summed E-state index contributed by atoms with van der Waals surface area (Å²) in [5.74, 6) is 0.224. The smallest absolute Gasteiger partial charge is 0.275 e. The fourth-order valence-corrected chi connectivity index (χ4v) is 2.80. The van der Waals surface area contributed by atoms with Crippen molar-refractivity contribution in [3.8, 4) is 5.75 Å². The second-order valence-electron chi connectivity index (χ2n) is 5.98. The van der Waals surface area contributed by atoms with Gasteiger partial charge in [-0.3, -0.25) is 4.79 Å². The Balaban J connectivity index is 1.84. The second-order valence-corrected chi connectivity index (χ2v) is 5.98. The third kappa shape index (κ3) is 3.26. The van der Waals surface area contributed by atoms with Gasteiger partial charge in [0.15, 0.2) is 0 Å². The molecule has 0 aliphatic carbocycles. The molecule has 25 heavy (non-hydrogen) atoms. The molecular formula is C20H21N3O2. The van der Waals surface area contributed by atoms with E-state index < -0.39 is 0 Å². The van der Waals surface area contributed by atoms with Gasteiger partial charge in [-0.25, -0.2) is 5.43 Å². The average Bonchev–Trinajstić information content (AvgIpc) is 2.87. The normalized spacial score (nSPS) is 11.2. The maximum atomic E-state index is 12.5. The number of methoxy groups -OCH3 is 1. The van der Waals surface area contributed by atoms with Crippen LogP contribution < -0.4 is 10.2 Å². The average molecular weight is 335 g/mol. The van der Waals surface area contributed by atoms with Crippen LogP contribution >= 0.6 is 0 Å². The van der Waals surface area contributed by atoms with Crippen LogP contribution in [0.15, 0.2) is 47.6 Å². The van der Waals surface area contributed by atoms with E-state index in [0.29, 0.717) is 11.3 Å². The van der Waals surface area contributed by atoms with E-state index in [1.165, 1.54) is 0 Å². The molecule has 0 saturated heterocycles. The van der Waals surface area contributed by atoms with Crippen LogP contribution in [-0.2, 0) is 7.05 Å². The molecule has 0 aliphatic heterocycles. The van der Waals surface area contributed by atoms with Gasteiger partial charge >= 0.3 is 0 Å². The molecular weight excluding hydrogens is 314 g/mol. The van der Waals surface area contributed by atoms with Crippen LogP contribution in [-0.4, -0.2) is 23.8 Å². The third-order valence-electron chi connectivity index (χ3n) is 4.50. The van der Waals surface area contributed by atoms with Crippen LogP contribution in [0.3, 0.4) is 0 Å². The van der Waals surface area contributed by atoms with Gasteiger partial charge in [-0.05, 0) is 42.8 Å². The Kier molecular flexibility index (Phi) is 4.57. The number of carbonyl (C=O) groups is 1. The predicted molar refractivity (Wildman–Crippen MR) is 100 cm³/mol. The number of amides is 1. The lowest BCUT2D eigenvalue weighted by Crippen LogP contribution is -2.18. The molecule has 0 unspecified atom stereocenters. The molecule has 1 amide bonds. The zero-order valence-electron chi connectivity index (χ0n) is 14.8. The highest BCUT2D eigenvalue weighted by molar-refractivity contribution is 6.02. The van der Waals surface area contributed by atoms with E-state index in [1.54, 1.807) is 13.3 Å². The molecule has 5 nitrogen and oxygen atoms in total. The molecule has 0 aliphatic rings. The number of hydrogen-bond acceptors (Lipinski definition) is 3. The van der Waals surface area contributed by atoms with Crippen molar-refractivity contribution in [3.63, 3.8) is 0 Å². The molecule has 0 bridgehead atoms. The van der Waals surface area contributed by atoms with Crippen molar-refractivity contribution in [2.75, 3.05) is 7.11 Å². The number of aromatic nitrogens is 1. The van der Waals surface area contributed by atoms with Gasteiger partial charge in [0.05, 0.1) is 18.9 Å². The van der Waals surface area contributed by atoms with Crippen LogP contribution in [0.1, 0.15) is 27.3 Å². The van der Waals surface area contributed by atoms with E-state index >= 15 is 0 Å². The van der Waals surface area contributed by atoms with Crippen molar-refractivity contribution in [1.29, 1.82) is 0 Å². The maximum absolute atomic E-state index is 12.5. The summed E-state index contributed by atoms with van der Waals surface area (Å²) in [6, 6.07) is 13.5. The lowest BCUT2D eigenvalue weighted by Gasteiger charge is -2.09. The molecule has 3 rings (SSSR count). The van der Waals surface area contributed by atoms with Crippen molar-refractivity contribution >= 4 is 22.9 Å². The Bertz CT molecular complexity index is 970. The minimum atomic E-state index is -0.302. The van der Waals surface area contributed by atoms with Gasteiger partial charge < -0.3 is 9.30 Å². The molecule has 0 fully saturated rings. The monoisotopic (exact) mass is 335 g/mol. The van der Waals surface area contributed by atoms with E-state index in [-0.39, 0.29) is 5.91 Å². The van der Waals surface area contributed by atoms with Gasteiger partial charge in [-0.15, -0.1) is 0 Å². The molecule has 3 aromatic rings. The van der Waals surface area contributed by atoms with Crippen LogP contribution in [0.25, 0.3) is 10.8 Å². The van der Waals surface area contributed by atoms with Gasteiger partial charge in [0.1, 0.15) is 5.75 Å². The number of aryl methyl sites for hydroxylation is 1. The van der Waals surface area contributed by atoms with Crippen molar-refractivity contribution in [3.05, 3.63) is 65.0 Å². The Hall–Kier alpha value is -3.08. The van der Waals surface area contributed by atoms with Crippen LogP contribution in [0, 0.1) is 13.8 Å². The van der Waals surface area contributed by atoms with E-state index in [1.807, 2.05) is 63.4 Å². The summed E-state index contributed by atoms with van der Waals surface area (Å²) in [7, 11) is 3.56. The van der Waals surface area contributed by atoms with Crippen molar-refractivity contribution in [1.82, 2.24) is 9.99 Å². The molecule has 5 heteroatoms. The van der Waals surface area contributed by atoms with Crippen molar-refractivity contribution in [2.45, 2.75) is 13.8 Å². The Morgan fingerprint density at radius 3 is 2.44 bits per heavy atom. The molecule has 2 aromatic carbocycles. The summed E-state index contributed by atoms with van der Waals surface area (Å²) < 4.78 is 7.44. The van der Waals surface area contributed by atoms with Crippen LogP contribution in [0.2, 0.25) is 0 Å². The quantitative estimate of drug-likeness (QED) is 0.585. The summed E-state index contributed by atoms with van der Waals surface area (Å²) in [5, 5.41) is 6.10. The number of ether oxygens (including phenoxy) is 1. The number of hydrazone groups is 1. The number of benzene rings is 2. The van der Waals surface area contributed by atoms with E-state index in [2.05, 4.69) is 15.1 Å². The van der Waals surface area contributed by atoms with E-state index in [4.69, 9.17) is 4.74 Å². The lowest BCUT2D eigenvalue weighted by molar-refractivity contribution is 0.0952. The number of rotatable bonds is 4. The molecule has 128 valence electrons. The summed E-state index contributed by atoms with van der Waals surface area (Å²) >= 11 is 0. The van der Waals surface area contributed by atoms with E-state index in [0.717, 1.165) is 27.7 Å². The molecule has 1 aromatic heterocycles. The molecule has 0 saturated carbocycles. The van der Waals surface area contributed by atoms with E-state index in [9.17, 15) is 4.79 Å². The number of carbonyl (C=O) groups excluding carboxylic acids is 1. The Labute approximate surface area is 146 Å². The van der Waals surface area contributed by atoms with Crippen LogP contribution in [0.4, 0.5) is 0 Å². The fraction of sp³-hybridized carbons (Fsp3) is 0.200. The van der Waals surface area contributed by atoms with Gasteiger partial charge in [-0.1, -0.05) is 24.3 Å². The zero-order valence-corrected chi connectivity index (χ0v) is 14.8. The lowest BCUT2D eigenvalue weighted by atomic mass is 10.1. The van der Waals surface area contributed by atoms with Crippen molar-refractivity contribution in [2.24, 2.45) is 12.1 Å². The Morgan fingerprint density at radius 2 is 1.84 bits per heavy atom. The van der Waals surface area contributed by atoms with Gasteiger partial charge in [0.25, 0.3) is 5.91 Å². The fourth-order valence-electron chi connectivity index (χ4n) is 2.80. The number of nitrogens with one attached hydrogen (secondary N) is 1. The first-order chi connectivity index (χ1) is 12.0. The number of fused-ring (bicyclic) bond motifs is 1. The highest BCUT2D eigenvalue weighted by atomic mass is 16.5. The largest absolute Gasteiger partial charge is 0.496 e. The Morgan fingerprint density at radius 1 is 1.16 bits per heavy atom. The van der Waals surface area contributed by atoms with Crippen LogP contribution in [0.5, 0.6) is 5.75 Å². The maximum Gasteiger partial charge on any atom is 0.275 e. The second kappa shape index (κ2) is 6.81. The highest BCUT2D eigenvalue weighted by Crippen LogP contribution is 2.25. The summed E-state index contributed by atoms with van der Waals surface area (Å²) in [6.45, 7) is 4.05. The van der Waals surface area contributed by atoms with Gasteiger partial charge in [0, 0.05) is 24.0 Å². The van der Waals surface area contributed by atoms with Gasteiger partial charge in [-0.2, -0.15) is 5.10 Å². The molecule has 0 atom stereocenters. The molecule has 0 spiro atoms. The first kappa shape index (κ1) is 16.8. The summed E-state index contributed by atoms with van der Waals surface area (Å²) in [5.41, 5.74) is 6.26. The highest BCUT2D eigenvalue weighted by Gasteiger charge is 2.13. The molecule has 1 heterocycles. The summed E-state index contributed by atoms with van der Waals surface area (Å²) in [4.78, 5) is 12.5. The third-order valence-corrected chi connectivity index (χ3v) is 4.50. The topological polar surface area (TPSA) is 55.6 Å². The summed E-state index contributed by atoms with van der Waals surface area (Å²) in [6.07, 6.45) is 1.66. The SMILES string of the molecule is COc1cc2ccccc2cc1C(=O)NN=Cc1cc(C)n(C)c1C. The van der Waals surface area contributed by atoms with Gasteiger partial charge in [0.2, 0.25) is 0 Å². The molecule has 0 radical (unpaired) electrons. The minimum absolute atomic E-state index is 0.302. The number of hydrogen-bond donors (Lipinski definition) is 1.